The molecule has 1 fully saturated rings. The van der Waals surface area contributed by atoms with Gasteiger partial charge in [-0.2, -0.15) is 18.3 Å². The van der Waals surface area contributed by atoms with E-state index in [0.29, 0.717) is 12.1 Å². The minimum Gasteiger partial charge on any atom is -0.337 e. The second-order valence-electron chi connectivity index (χ2n) is 7.03. The van der Waals surface area contributed by atoms with Crippen LogP contribution in [0.1, 0.15) is 12.0 Å². The molecular weight excluding hydrogens is 404 g/mol. The van der Waals surface area contributed by atoms with Crippen LogP contribution in [0.15, 0.2) is 17.2 Å². The van der Waals surface area contributed by atoms with Gasteiger partial charge in [-0.05, 0) is 18.1 Å². The van der Waals surface area contributed by atoms with Gasteiger partial charge >= 0.3 is 6.18 Å². The van der Waals surface area contributed by atoms with Gasteiger partial charge in [0, 0.05) is 38.7 Å². The van der Waals surface area contributed by atoms with Crippen molar-refractivity contribution in [3.63, 3.8) is 0 Å². The van der Waals surface area contributed by atoms with Crippen LogP contribution in [0.3, 0.4) is 0 Å². The Kier molecular flexibility index (Phi) is 5.65. The van der Waals surface area contributed by atoms with Gasteiger partial charge in [-0.1, -0.05) is 0 Å². The second-order valence-corrected chi connectivity index (χ2v) is 7.03. The Morgan fingerprint density at radius 1 is 1.21 bits per heavy atom. The van der Waals surface area contributed by atoms with Gasteiger partial charge in [-0.3, -0.25) is 9.80 Å². The number of fused-ring (bicyclic) bond motifs is 1. The zero-order valence-corrected chi connectivity index (χ0v) is 15.4. The lowest BCUT2D eigenvalue weighted by Crippen LogP contribution is -2.59. The van der Waals surface area contributed by atoms with Crippen molar-refractivity contribution in [3.8, 4) is 0 Å². The first kappa shape index (κ1) is 21.2. The number of rotatable bonds is 4. The van der Waals surface area contributed by atoms with Crippen LogP contribution < -0.4 is 5.73 Å². The number of amidine groups is 1. The highest BCUT2D eigenvalue weighted by Crippen LogP contribution is 2.29. The number of nitrogens with zero attached hydrogens (tertiary/aromatic N) is 4. The maximum absolute atomic E-state index is 13.7. The summed E-state index contributed by atoms with van der Waals surface area (Å²) >= 11 is 0. The Bertz CT molecular complexity index is 829. The lowest BCUT2D eigenvalue weighted by Gasteiger charge is -2.40. The van der Waals surface area contributed by atoms with E-state index in [9.17, 15) is 31.1 Å². The van der Waals surface area contributed by atoms with E-state index in [1.165, 1.54) is 11.9 Å². The smallest absolute Gasteiger partial charge is 0.337 e. The number of alkyl halides is 3. The number of amides is 1. The molecule has 0 bridgehead atoms. The van der Waals surface area contributed by atoms with Crippen LogP contribution in [0.2, 0.25) is 0 Å². The van der Waals surface area contributed by atoms with Crippen LogP contribution in [0.5, 0.6) is 0 Å². The van der Waals surface area contributed by atoms with Crippen molar-refractivity contribution in [2.45, 2.75) is 31.2 Å². The summed E-state index contributed by atoms with van der Waals surface area (Å²) in [7, 11) is 1.39. The van der Waals surface area contributed by atoms with Gasteiger partial charge in [0.05, 0.1) is 6.54 Å². The Morgan fingerprint density at radius 2 is 1.86 bits per heavy atom. The van der Waals surface area contributed by atoms with Crippen molar-refractivity contribution >= 4 is 11.7 Å². The van der Waals surface area contributed by atoms with Crippen molar-refractivity contribution < 1.29 is 31.1 Å². The van der Waals surface area contributed by atoms with Crippen molar-refractivity contribution in [2.75, 3.05) is 26.7 Å². The van der Waals surface area contributed by atoms with Crippen LogP contribution in [0, 0.1) is 17.5 Å². The number of carbonyl (C=O) groups excluding carboxylic acids is 1. The monoisotopic (exact) mass is 423 g/mol. The van der Waals surface area contributed by atoms with E-state index in [-0.39, 0.29) is 38.0 Å². The first-order valence-corrected chi connectivity index (χ1v) is 8.79. The molecule has 0 aromatic heterocycles. The Balaban J connectivity index is 1.59. The lowest BCUT2D eigenvalue weighted by atomic mass is 10.0. The standard InChI is InChI=1S/C17H19F6N5O/c1-26-14-8-27(2-3-28(14)16(25-26)17(21,22)23)15(29)6-10(24)4-9-5-12(19)13(20)7-11(9)18/h5,7,10,14H,2-4,6,8,24H2,1H3/t10-,14?/m1/s1. The van der Waals surface area contributed by atoms with Gasteiger partial charge in [0.2, 0.25) is 11.7 Å². The number of benzene rings is 1. The molecular formula is C17H19F6N5O. The third-order valence-electron chi connectivity index (χ3n) is 4.92. The molecule has 2 atom stereocenters. The van der Waals surface area contributed by atoms with Crippen molar-refractivity contribution in [2.24, 2.45) is 10.8 Å². The molecule has 29 heavy (non-hydrogen) atoms. The van der Waals surface area contributed by atoms with Gasteiger partial charge in [-0.15, -0.1) is 0 Å². The molecule has 1 aromatic carbocycles. The highest BCUT2D eigenvalue weighted by atomic mass is 19.4. The normalized spacial score (nSPS) is 20.6. The Labute approximate surface area is 162 Å². The summed E-state index contributed by atoms with van der Waals surface area (Å²) in [5.41, 5.74) is 5.70. The van der Waals surface area contributed by atoms with Crippen LogP contribution in [0.25, 0.3) is 0 Å². The number of nitrogens with two attached hydrogens (primary N) is 1. The topological polar surface area (TPSA) is 65.2 Å². The fourth-order valence-electron chi connectivity index (χ4n) is 3.48. The quantitative estimate of drug-likeness (QED) is 0.591. The largest absolute Gasteiger partial charge is 0.451 e. The highest BCUT2D eigenvalue weighted by molar-refractivity contribution is 5.89. The van der Waals surface area contributed by atoms with E-state index in [0.717, 1.165) is 9.91 Å². The van der Waals surface area contributed by atoms with E-state index in [4.69, 9.17) is 5.73 Å². The molecule has 1 aromatic rings. The molecule has 1 unspecified atom stereocenters. The molecule has 0 saturated carbocycles. The van der Waals surface area contributed by atoms with Crippen LogP contribution in [0.4, 0.5) is 26.3 Å². The number of hydrogen-bond donors (Lipinski definition) is 1. The minimum absolute atomic E-state index is 0.00926. The van der Waals surface area contributed by atoms with E-state index in [1.807, 2.05) is 0 Å². The first-order chi connectivity index (χ1) is 13.5. The molecule has 1 amide bonds. The van der Waals surface area contributed by atoms with Gasteiger partial charge in [0.15, 0.2) is 11.6 Å². The van der Waals surface area contributed by atoms with E-state index >= 15 is 0 Å². The summed E-state index contributed by atoms with van der Waals surface area (Å²) < 4.78 is 79.2. The molecule has 1 saturated heterocycles. The summed E-state index contributed by atoms with van der Waals surface area (Å²) in [5.74, 6) is -4.93. The molecule has 0 radical (unpaired) electrons. The fraction of sp³-hybridized carbons (Fsp3) is 0.529. The number of likely N-dealkylation sites (N-methyl/N-ethyl adjacent to an activating group) is 1. The molecule has 2 N–H and O–H groups in total. The van der Waals surface area contributed by atoms with Crippen molar-refractivity contribution in [1.29, 1.82) is 0 Å². The Morgan fingerprint density at radius 3 is 2.52 bits per heavy atom. The first-order valence-electron chi connectivity index (χ1n) is 8.79. The summed E-state index contributed by atoms with van der Waals surface area (Å²) in [6.45, 7) is -0.0126. The molecule has 12 heteroatoms. The summed E-state index contributed by atoms with van der Waals surface area (Å²) in [6.07, 6.45) is -5.75. The van der Waals surface area contributed by atoms with Crippen LogP contribution >= 0.6 is 0 Å². The number of hydrogen-bond acceptors (Lipinski definition) is 5. The zero-order chi connectivity index (χ0) is 21.5. The second kappa shape index (κ2) is 7.73. The van der Waals surface area contributed by atoms with Crippen molar-refractivity contribution in [1.82, 2.24) is 14.8 Å². The predicted molar refractivity (Wildman–Crippen MR) is 90.9 cm³/mol. The van der Waals surface area contributed by atoms with Gasteiger partial charge in [-0.25, -0.2) is 13.2 Å². The lowest BCUT2D eigenvalue weighted by molar-refractivity contribution is -0.135. The third kappa shape index (κ3) is 4.41. The highest BCUT2D eigenvalue weighted by Gasteiger charge is 2.49. The maximum Gasteiger partial charge on any atom is 0.451 e. The summed E-state index contributed by atoms with van der Waals surface area (Å²) in [5, 5.41) is 4.67. The van der Waals surface area contributed by atoms with E-state index in [1.54, 1.807) is 0 Å². The third-order valence-corrected chi connectivity index (χ3v) is 4.92. The number of piperazine rings is 1. The SMILES string of the molecule is CN1N=C(C(F)(F)F)N2CCN(C(=O)C[C@H](N)Cc3cc(F)c(F)cc3F)CC12. The molecule has 3 rings (SSSR count). The zero-order valence-electron chi connectivity index (χ0n) is 15.4. The number of halogens is 6. The molecule has 0 aliphatic carbocycles. The van der Waals surface area contributed by atoms with Gasteiger partial charge in [0.1, 0.15) is 12.0 Å². The summed E-state index contributed by atoms with van der Waals surface area (Å²) in [4.78, 5) is 15.0. The molecule has 0 spiro atoms. The molecule has 2 heterocycles. The maximum atomic E-state index is 13.7. The number of hydrazone groups is 1. The Hall–Kier alpha value is -2.50. The van der Waals surface area contributed by atoms with E-state index in [2.05, 4.69) is 5.10 Å². The van der Waals surface area contributed by atoms with Gasteiger partial charge < -0.3 is 15.5 Å². The van der Waals surface area contributed by atoms with Gasteiger partial charge in [0.25, 0.3) is 0 Å². The minimum atomic E-state index is -4.59. The van der Waals surface area contributed by atoms with Crippen LogP contribution in [-0.2, 0) is 11.2 Å². The summed E-state index contributed by atoms with van der Waals surface area (Å²) in [6, 6.07) is 0.229. The predicted octanol–water partition coefficient (Wildman–Crippen LogP) is 1.66. The molecule has 6 nitrogen and oxygen atoms in total. The molecule has 160 valence electrons. The van der Waals surface area contributed by atoms with Crippen LogP contribution in [-0.4, -0.2) is 71.6 Å². The molecule has 2 aliphatic heterocycles. The molecule has 2 aliphatic rings. The average Bonchev–Trinajstić information content (AvgIpc) is 2.96. The number of carbonyl (C=O) groups is 1. The average molecular weight is 423 g/mol. The fourth-order valence-corrected chi connectivity index (χ4v) is 3.48. The van der Waals surface area contributed by atoms with E-state index < -0.39 is 47.6 Å². The van der Waals surface area contributed by atoms with Crippen molar-refractivity contribution in [3.05, 3.63) is 35.1 Å².